The van der Waals surface area contributed by atoms with Crippen LogP contribution in [-0.2, 0) is 9.47 Å². The molecule has 0 unspecified atom stereocenters. The molecule has 0 rings (SSSR count). The number of ether oxygens (including phenoxy) is 2. The van der Waals surface area contributed by atoms with Crippen molar-refractivity contribution in [2.24, 2.45) is 0 Å². The van der Waals surface area contributed by atoms with Gasteiger partial charge in [-0.25, -0.2) is 0 Å². The molecule has 0 atom stereocenters. The highest BCUT2D eigenvalue weighted by Crippen LogP contribution is 1.96. The summed E-state index contributed by atoms with van der Waals surface area (Å²) in [6.45, 7) is 5.09. The molecular weight excluding hydrogens is 172 g/mol. The number of hydrogen-bond donors (Lipinski definition) is 1. The standard InChI is InChI=1S/C9H20O2S/c1-2-10-7-8-11-6-4-3-5-9-12/h12H,2-9H2,1H3. The first-order chi connectivity index (χ1) is 5.91. The van der Waals surface area contributed by atoms with E-state index in [1.807, 2.05) is 6.92 Å². The summed E-state index contributed by atoms with van der Waals surface area (Å²) in [6.07, 6.45) is 3.56. The van der Waals surface area contributed by atoms with E-state index >= 15 is 0 Å². The highest BCUT2D eigenvalue weighted by atomic mass is 32.1. The van der Waals surface area contributed by atoms with Crippen LogP contribution in [0.15, 0.2) is 0 Å². The first-order valence-electron chi connectivity index (χ1n) is 4.68. The SMILES string of the molecule is CCOCCOCCCCCS. The topological polar surface area (TPSA) is 18.5 Å². The van der Waals surface area contributed by atoms with Gasteiger partial charge in [-0.1, -0.05) is 6.42 Å². The van der Waals surface area contributed by atoms with Gasteiger partial charge in [0, 0.05) is 13.2 Å². The Morgan fingerprint density at radius 2 is 1.67 bits per heavy atom. The predicted molar refractivity (Wildman–Crippen MR) is 55.0 cm³/mol. The average molecular weight is 192 g/mol. The summed E-state index contributed by atoms with van der Waals surface area (Å²) in [4.78, 5) is 0. The third-order valence-corrected chi connectivity index (χ3v) is 1.84. The Morgan fingerprint density at radius 1 is 0.917 bits per heavy atom. The highest BCUT2D eigenvalue weighted by molar-refractivity contribution is 7.80. The largest absolute Gasteiger partial charge is 0.379 e. The van der Waals surface area contributed by atoms with Crippen LogP contribution in [-0.4, -0.2) is 32.2 Å². The fourth-order valence-corrected chi connectivity index (χ4v) is 1.08. The van der Waals surface area contributed by atoms with Crippen molar-refractivity contribution >= 4 is 12.6 Å². The van der Waals surface area contributed by atoms with Gasteiger partial charge in [-0.3, -0.25) is 0 Å². The molecule has 0 heterocycles. The van der Waals surface area contributed by atoms with Crippen molar-refractivity contribution in [2.75, 3.05) is 32.2 Å². The fourth-order valence-electron chi connectivity index (χ4n) is 0.857. The van der Waals surface area contributed by atoms with Crippen LogP contribution in [0.4, 0.5) is 0 Å². The summed E-state index contributed by atoms with van der Waals surface area (Å²) in [7, 11) is 0. The molecule has 0 aromatic heterocycles. The van der Waals surface area contributed by atoms with E-state index in [4.69, 9.17) is 9.47 Å². The number of thiol groups is 1. The average Bonchev–Trinajstić information content (AvgIpc) is 2.10. The quantitative estimate of drug-likeness (QED) is 0.446. The second kappa shape index (κ2) is 11.3. The van der Waals surface area contributed by atoms with E-state index in [2.05, 4.69) is 12.6 Å². The van der Waals surface area contributed by atoms with Crippen molar-refractivity contribution < 1.29 is 9.47 Å². The molecule has 0 aliphatic rings. The van der Waals surface area contributed by atoms with Crippen LogP contribution in [0, 0.1) is 0 Å². The maximum Gasteiger partial charge on any atom is 0.0700 e. The lowest BCUT2D eigenvalue weighted by Crippen LogP contribution is -2.04. The van der Waals surface area contributed by atoms with Gasteiger partial charge in [0.15, 0.2) is 0 Å². The van der Waals surface area contributed by atoms with Crippen molar-refractivity contribution in [3.05, 3.63) is 0 Å². The second-order valence-electron chi connectivity index (χ2n) is 2.59. The molecule has 0 saturated heterocycles. The van der Waals surface area contributed by atoms with Gasteiger partial charge in [0.25, 0.3) is 0 Å². The predicted octanol–water partition coefficient (Wildman–Crippen LogP) is 2.14. The van der Waals surface area contributed by atoms with Gasteiger partial charge in [0.05, 0.1) is 13.2 Å². The molecule has 0 radical (unpaired) electrons. The third-order valence-electron chi connectivity index (χ3n) is 1.52. The van der Waals surface area contributed by atoms with Crippen LogP contribution in [0.1, 0.15) is 26.2 Å². The zero-order chi connectivity index (χ0) is 9.07. The maximum absolute atomic E-state index is 5.33. The summed E-state index contributed by atoms with van der Waals surface area (Å²) >= 11 is 4.13. The van der Waals surface area contributed by atoms with Crippen LogP contribution in [0.2, 0.25) is 0 Å². The molecule has 3 heteroatoms. The number of hydrogen-bond acceptors (Lipinski definition) is 3. The molecule has 0 spiro atoms. The van der Waals surface area contributed by atoms with Gasteiger partial charge in [-0.2, -0.15) is 12.6 Å². The minimum atomic E-state index is 0.725. The zero-order valence-electron chi connectivity index (χ0n) is 7.92. The third kappa shape index (κ3) is 10.3. The molecule has 0 saturated carbocycles. The molecule has 0 amide bonds. The van der Waals surface area contributed by atoms with Gasteiger partial charge in [0.1, 0.15) is 0 Å². The van der Waals surface area contributed by atoms with Gasteiger partial charge >= 0.3 is 0 Å². The Kier molecular flexibility index (Phi) is 11.5. The Morgan fingerprint density at radius 3 is 2.33 bits per heavy atom. The monoisotopic (exact) mass is 192 g/mol. The Balaban J connectivity index is 2.73. The number of unbranched alkanes of at least 4 members (excludes halogenated alkanes) is 2. The lowest BCUT2D eigenvalue weighted by atomic mass is 10.3. The summed E-state index contributed by atoms with van der Waals surface area (Å²) in [6, 6.07) is 0. The van der Waals surface area contributed by atoms with E-state index in [0.29, 0.717) is 0 Å². The molecule has 0 fully saturated rings. The second-order valence-corrected chi connectivity index (χ2v) is 3.04. The Hall–Kier alpha value is 0.270. The highest BCUT2D eigenvalue weighted by Gasteiger charge is 1.89. The van der Waals surface area contributed by atoms with Gasteiger partial charge in [0.2, 0.25) is 0 Å². The normalized spacial score (nSPS) is 10.5. The Labute approximate surface area is 81.0 Å². The minimum absolute atomic E-state index is 0.725. The summed E-state index contributed by atoms with van der Waals surface area (Å²) in [5, 5.41) is 0. The molecule has 0 bridgehead atoms. The summed E-state index contributed by atoms with van der Waals surface area (Å²) < 4.78 is 10.5. The molecule has 0 aromatic rings. The summed E-state index contributed by atoms with van der Waals surface area (Å²) in [5.41, 5.74) is 0. The van der Waals surface area contributed by atoms with E-state index in [0.717, 1.165) is 38.6 Å². The minimum Gasteiger partial charge on any atom is -0.379 e. The molecule has 0 aliphatic heterocycles. The molecular formula is C9H20O2S. The molecule has 74 valence electrons. The van der Waals surface area contributed by atoms with Crippen LogP contribution in [0.3, 0.4) is 0 Å². The smallest absolute Gasteiger partial charge is 0.0700 e. The molecule has 0 aromatic carbocycles. The molecule has 0 aliphatic carbocycles. The molecule has 0 N–H and O–H groups in total. The fraction of sp³-hybridized carbons (Fsp3) is 1.00. The molecule has 2 nitrogen and oxygen atoms in total. The van der Waals surface area contributed by atoms with E-state index in [1.54, 1.807) is 0 Å². The van der Waals surface area contributed by atoms with Gasteiger partial charge < -0.3 is 9.47 Å². The lowest BCUT2D eigenvalue weighted by Gasteiger charge is -2.03. The van der Waals surface area contributed by atoms with E-state index in [9.17, 15) is 0 Å². The lowest BCUT2D eigenvalue weighted by molar-refractivity contribution is 0.0514. The van der Waals surface area contributed by atoms with Crippen molar-refractivity contribution in [3.63, 3.8) is 0 Å². The first-order valence-corrected chi connectivity index (χ1v) is 5.31. The molecule has 12 heavy (non-hydrogen) atoms. The van der Waals surface area contributed by atoms with Crippen molar-refractivity contribution in [1.82, 2.24) is 0 Å². The van der Waals surface area contributed by atoms with Gasteiger partial charge in [-0.15, -0.1) is 0 Å². The number of rotatable bonds is 9. The van der Waals surface area contributed by atoms with Crippen LogP contribution in [0.5, 0.6) is 0 Å². The Bertz CT molecular complexity index is 68.9. The van der Waals surface area contributed by atoms with Crippen LogP contribution < -0.4 is 0 Å². The van der Waals surface area contributed by atoms with Crippen LogP contribution in [0.25, 0.3) is 0 Å². The van der Waals surface area contributed by atoms with Crippen LogP contribution >= 0.6 is 12.6 Å². The zero-order valence-corrected chi connectivity index (χ0v) is 8.81. The maximum atomic E-state index is 5.33. The summed E-state index contributed by atoms with van der Waals surface area (Å²) in [5.74, 6) is 0.985. The van der Waals surface area contributed by atoms with Crippen molar-refractivity contribution in [3.8, 4) is 0 Å². The van der Waals surface area contributed by atoms with Crippen molar-refractivity contribution in [2.45, 2.75) is 26.2 Å². The van der Waals surface area contributed by atoms with E-state index < -0.39 is 0 Å². The first kappa shape index (κ1) is 12.3. The van der Waals surface area contributed by atoms with E-state index in [-0.39, 0.29) is 0 Å². The van der Waals surface area contributed by atoms with E-state index in [1.165, 1.54) is 12.8 Å². The van der Waals surface area contributed by atoms with Crippen molar-refractivity contribution in [1.29, 1.82) is 0 Å². The van der Waals surface area contributed by atoms with Gasteiger partial charge in [-0.05, 0) is 25.5 Å².